The number of ether oxygens (including phenoxy) is 1. The highest BCUT2D eigenvalue weighted by Crippen LogP contribution is 2.35. The molecule has 1 aliphatic heterocycles. The van der Waals surface area contributed by atoms with Crippen molar-refractivity contribution in [1.82, 2.24) is 10.2 Å². The Bertz CT molecular complexity index is 614. The van der Waals surface area contributed by atoms with Crippen molar-refractivity contribution in [3.8, 4) is 0 Å². The molecule has 1 fully saturated rings. The van der Waals surface area contributed by atoms with Gasteiger partial charge in [-0.2, -0.15) is 0 Å². The third-order valence-electron chi connectivity index (χ3n) is 4.56. The van der Waals surface area contributed by atoms with Crippen LogP contribution in [-0.4, -0.2) is 42.7 Å². The zero-order valence-electron chi connectivity index (χ0n) is 12.8. The summed E-state index contributed by atoms with van der Waals surface area (Å²) in [7, 11) is 0. The van der Waals surface area contributed by atoms with Crippen LogP contribution in [0.5, 0.6) is 0 Å². The molecule has 0 aromatic heterocycles. The number of hydrogen-bond acceptors (Lipinski definition) is 2. The number of rotatable bonds is 2. The van der Waals surface area contributed by atoms with Gasteiger partial charge in [0.25, 0.3) is 6.43 Å². The van der Waals surface area contributed by atoms with E-state index in [9.17, 15) is 13.6 Å². The molecule has 1 heterocycles. The van der Waals surface area contributed by atoms with E-state index in [0.29, 0.717) is 6.54 Å². The Labute approximate surface area is 142 Å². The van der Waals surface area contributed by atoms with Gasteiger partial charge >= 0.3 is 6.03 Å². The third kappa shape index (κ3) is 3.21. The number of carbonyl (C=O) groups is 1. The summed E-state index contributed by atoms with van der Waals surface area (Å²) in [6.07, 6.45) is -0.916. The Morgan fingerprint density at radius 2 is 2.30 bits per heavy atom. The lowest BCUT2D eigenvalue weighted by molar-refractivity contribution is -0.161. The van der Waals surface area contributed by atoms with Crippen LogP contribution < -0.4 is 5.32 Å². The Morgan fingerprint density at radius 1 is 1.52 bits per heavy atom. The molecule has 2 amide bonds. The largest absolute Gasteiger partial charge is 0.366 e. The molecule has 2 unspecified atom stereocenters. The van der Waals surface area contributed by atoms with Crippen molar-refractivity contribution in [2.75, 3.05) is 19.7 Å². The molecule has 1 aliphatic carbocycles. The first-order valence-electron chi connectivity index (χ1n) is 7.65. The highest BCUT2D eigenvalue weighted by Gasteiger charge is 2.42. The van der Waals surface area contributed by atoms with Gasteiger partial charge in [-0.05, 0) is 37.0 Å². The van der Waals surface area contributed by atoms with E-state index in [2.05, 4.69) is 21.2 Å². The summed E-state index contributed by atoms with van der Waals surface area (Å²) in [6.45, 7) is 1.70. The number of urea groups is 1. The number of alkyl halides is 2. The van der Waals surface area contributed by atoms with Crippen molar-refractivity contribution in [3.05, 3.63) is 33.8 Å². The second-order valence-corrected chi connectivity index (χ2v) is 7.09. The Kier molecular flexibility index (Phi) is 4.60. The van der Waals surface area contributed by atoms with Crippen LogP contribution in [0.2, 0.25) is 0 Å². The second kappa shape index (κ2) is 6.36. The summed E-state index contributed by atoms with van der Waals surface area (Å²) >= 11 is 3.53. The number of halogens is 3. The molecule has 4 nitrogen and oxygen atoms in total. The fourth-order valence-electron chi connectivity index (χ4n) is 3.20. The molecule has 1 aromatic rings. The Balaban J connectivity index is 1.68. The molecule has 7 heteroatoms. The Hall–Kier alpha value is -1.21. The molecular weight excluding hydrogens is 370 g/mol. The monoisotopic (exact) mass is 388 g/mol. The van der Waals surface area contributed by atoms with Gasteiger partial charge in [0, 0.05) is 11.0 Å². The van der Waals surface area contributed by atoms with Crippen LogP contribution in [0.25, 0.3) is 0 Å². The standard InChI is InChI=1S/C16H19BrF2N2O2/c1-16(14(18)19)9-21(7-8-23-16)15(22)20-13-6-5-10-11(13)3-2-4-12(10)17/h2-4,13-14H,5-9H2,1H3,(H,20,22). The van der Waals surface area contributed by atoms with Crippen molar-refractivity contribution in [2.24, 2.45) is 0 Å². The Morgan fingerprint density at radius 3 is 3.04 bits per heavy atom. The zero-order chi connectivity index (χ0) is 16.6. The first kappa shape index (κ1) is 16.6. The van der Waals surface area contributed by atoms with Gasteiger partial charge in [0.2, 0.25) is 0 Å². The maximum atomic E-state index is 13.1. The van der Waals surface area contributed by atoms with Gasteiger partial charge in [-0.15, -0.1) is 0 Å². The van der Waals surface area contributed by atoms with E-state index in [4.69, 9.17) is 4.74 Å². The number of nitrogens with one attached hydrogen (secondary N) is 1. The minimum atomic E-state index is -2.62. The number of nitrogens with zero attached hydrogens (tertiary/aromatic N) is 1. The predicted molar refractivity (Wildman–Crippen MR) is 85.7 cm³/mol. The van der Waals surface area contributed by atoms with Crippen LogP contribution in [0, 0.1) is 0 Å². The van der Waals surface area contributed by atoms with E-state index >= 15 is 0 Å². The first-order valence-corrected chi connectivity index (χ1v) is 8.45. The topological polar surface area (TPSA) is 41.6 Å². The van der Waals surface area contributed by atoms with E-state index in [1.165, 1.54) is 17.4 Å². The van der Waals surface area contributed by atoms with Gasteiger partial charge in [-0.3, -0.25) is 0 Å². The van der Waals surface area contributed by atoms with Crippen LogP contribution in [-0.2, 0) is 11.2 Å². The minimum absolute atomic E-state index is 0.0735. The average Bonchev–Trinajstić information content (AvgIpc) is 2.92. The van der Waals surface area contributed by atoms with Crippen molar-refractivity contribution in [3.63, 3.8) is 0 Å². The second-order valence-electron chi connectivity index (χ2n) is 6.23. The van der Waals surface area contributed by atoms with E-state index in [-0.39, 0.29) is 25.2 Å². The van der Waals surface area contributed by atoms with Gasteiger partial charge in [0.05, 0.1) is 19.2 Å². The number of morpholine rings is 1. The van der Waals surface area contributed by atoms with Gasteiger partial charge in [0.1, 0.15) is 5.60 Å². The van der Waals surface area contributed by atoms with E-state index < -0.39 is 12.0 Å². The maximum absolute atomic E-state index is 13.1. The molecule has 2 aliphatic rings. The van der Waals surface area contributed by atoms with Crippen LogP contribution in [0.15, 0.2) is 22.7 Å². The van der Waals surface area contributed by atoms with Gasteiger partial charge in [-0.25, -0.2) is 13.6 Å². The number of benzene rings is 1. The lowest BCUT2D eigenvalue weighted by atomic mass is 10.1. The van der Waals surface area contributed by atoms with E-state index in [0.717, 1.165) is 22.9 Å². The number of amides is 2. The van der Waals surface area contributed by atoms with Crippen molar-refractivity contribution in [2.45, 2.75) is 37.8 Å². The third-order valence-corrected chi connectivity index (χ3v) is 5.30. The molecule has 1 aromatic carbocycles. The smallest absolute Gasteiger partial charge is 0.318 e. The summed E-state index contributed by atoms with van der Waals surface area (Å²) < 4.78 is 32.4. The first-order chi connectivity index (χ1) is 10.9. The summed E-state index contributed by atoms with van der Waals surface area (Å²) in [5, 5.41) is 2.97. The van der Waals surface area contributed by atoms with E-state index in [1.54, 1.807) is 0 Å². The lowest BCUT2D eigenvalue weighted by Crippen LogP contribution is -2.57. The van der Waals surface area contributed by atoms with Crippen molar-refractivity contribution >= 4 is 22.0 Å². The van der Waals surface area contributed by atoms with Gasteiger partial charge in [0.15, 0.2) is 0 Å². The molecule has 0 radical (unpaired) electrons. The van der Waals surface area contributed by atoms with Crippen LogP contribution in [0.3, 0.4) is 0 Å². The quantitative estimate of drug-likeness (QED) is 0.842. The summed E-state index contributed by atoms with van der Waals surface area (Å²) in [5.41, 5.74) is 0.710. The molecule has 1 saturated heterocycles. The zero-order valence-corrected chi connectivity index (χ0v) is 14.4. The normalized spacial score (nSPS) is 27.2. The fourth-order valence-corrected chi connectivity index (χ4v) is 3.78. The number of carbonyl (C=O) groups excluding carboxylic acids is 1. The fraction of sp³-hybridized carbons (Fsp3) is 0.562. The molecule has 1 N–H and O–H groups in total. The molecular formula is C16H19BrF2N2O2. The maximum Gasteiger partial charge on any atom is 0.318 e. The minimum Gasteiger partial charge on any atom is -0.366 e. The van der Waals surface area contributed by atoms with Crippen molar-refractivity contribution < 1.29 is 18.3 Å². The highest BCUT2D eigenvalue weighted by molar-refractivity contribution is 9.10. The average molecular weight is 389 g/mol. The van der Waals surface area contributed by atoms with E-state index in [1.807, 2.05) is 18.2 Å². The highest BCUT2D eigenvalue weighted by atomic mass is 79.9. The molecule has 0 spiro atoms. The molecule has 23 heavy (non-hydrogen) atoms. The predicted octanol–water partition coefficient (Wildman–Crippen LogP) is 3.50. The van der Waals surface area contributed by atoms with Crippen molar-refractivity contribution in [1.29, 1.82) is 0 Å². The number of hydrogen-bond donors (Lipinski definition) is 1. The van der Waals surface area contributed by atoms with Gasteiger partial charge in [-0.1, -0.05) is 28.1 Å². The molecule has 3 rings (SSSR count). The summed E-state index contributed by atoms with van der Waals surface area (Å²) in [5.74, 6) is 0. The summed E-state index contributed by atoms with van der Waals surface area (Å²) in [4.78, 5) is 13.9. The lowest BCUT2D eigenvalue weighted by Gasteiger charge is -2.40. The molecule has 0 saturated carbocycles. The van der Waals surface area contributed by atoms with Gasteiger partial charge < -0.3 is 15.0 Å². The SMILES string of the molecule is CC1(C(F)F)CN(C(=O)NC2CCc3c(Br)cccc32)CCO1. The van der Waals surface area contributed by atoms with Crippen LogP contribution in [0.1, 0.15) is 30.5 Å². The summed E-state index contributed by atoms with van der Waals surface area (Å²) in [6, 6.07) is 5.55. The number of fused-ring (bicyclic) bond motifs is 1. The van der Waals surface area contributed by atoms with Crippen LogP contribution >= 0.6 is 15.9 Å². The molecule has 126 valence electrons. The van der Waals surface area contributed by atoms with Crippen LogP contribution in [0.4, 0.5) is 13.6 Å². The molecule has 0 bridgehead atoms. The molecule has 2 atom stereocenters.